The third-order valence-corrected chi connectivity index (χ3v) is 5.98. The maximum absolute atomic E-state index is 14.1. The highest BCUT2D eigenvalue weighted by Crippen LogP contribution is 2.44. The van der Waals surface area contributed by atoms with E-state index in [0.29, 0.717) is 0 Å². The highest BCUT2D eigenvalue weighted by molar-refractivity contribution is 5.83. The number of carbonyl (C=O) groups excluding carboxylic acids is 2. The van der Waals surface area contributed by atoms with Crippen LogP contribution in [0.4, 0.5) is 26.7 Å². The molecule has 6 nitrogen and oxygen atoms in total. The first-order valence-corrected chi connectivity index (χ1v) is 11.9. The van der Waals surface area contributed by atoms with Crippen LogP contribution in [0.3, 0.4) is 0 Å². The highest BCUT2D eigenvalue weighted by Gasteiger charge is 2.33. The van der Waals surface area contributed by atoms with Crippen LogP contribution in [-0.4, -0.2) is 36.9 Å². The van der Waals surface area contributed by atoms with Crippen LogP contribution in [0.25, 0.3) is 11.1 Å². The van der Waals surface area contributed by atoms with Gasteiger partial charge in [-0.3, -0.25) is 0 Å². The van der Waals surface area contributed by atoms with E-state index in [1.165, 1.54) is 0 Å². The lowest BCUT2D eigenvalue weighted by atomic mass is 9.98. The molecule has 1 unspecified atom stereocenters. The van der Waals surface area contributed by atoms with Crippen molar-refractivity contribution >= 4 is 12.1 Å². The second-order valence-corrected chi connectivity index (χ2v) is 9.77. The first-order valence-electron chi connectivity index (χ1n) is 11.9. The van der Waals surface area contributed by atoms with E-state index in [2.05, 4.69) is 10.1 Å². The van der Waals surface area contributed by atoms with Gasteiger partial charge in [-0.1, -0.05) is 48.5 Å². The number of nitrogens with one attached hydrogen (secondary N) is 1. The van der Waals surface area contributed by atoms with Crippen molar-refractivity contribution in [2.24, 2.45) is 0 Å². The monoisotopic (exact) mass is 549 g/mol. The Balaban J connectivity index is 1.50. The van der Waals surface area contributed by atoms with Crippen molar-refractivity contribution < 1.29 is 45.8 Å². The third-order valence-electron chi connectivity index (χ3n) is 5.98. The first-order chi connectivity index (χ1) is 18.4. The largest absolute Gasteiger partial charge is 0.449 e. The first kappa shape index (κ1) is 28.0. The summed E-state index contributed by atoms with van der Waals surface area (Å²) in [7, 11) is 0. The quantitative estimate of drug-likeness (QED) is 0.129. The maximum atomic E-state index is 14.1. The van der Waals surface area contributed by atoms with Gasteiger partial charge in [-0.25, -0.2) is 22.8 Å². The molecule has 0 saturated heterocycles. The lowest BCUT2D eigenvalue weighted by Crippen LogP contribution is -2.48. The third kappa shape index (κ3) is 5.88. The lowest BCUT2D eigenvalue weighted by molar-refractivity contribution is -0.140. The number of hydrogen-bond donors (Lipinski definition) is 1. The zero-order chi connectivity index (χ0) is 28.5. The summed E-state index contributed by atoms with van der Waals surface area (Å²) in [6.45, 7) is 4.23. The normalized spacial score (nSPS) is 13.4. The number of halogens is 5. The van der Waals surface area contributed by atoms with Gasteiger partial charge in [0.2, 0.25) is 34.8 Å². The Labute approximate surface area is 220 Å². The molecule has 1 aliphatic carbocycles. The number of carbonyl (C=O) groups is 2. The van der Waals surface area contributed by atoms with Crippen molar-refractivity contribution in [1.82, 2.24) is 5.32 Å². The molecule has 0 bridgehead atoms. The predicted molar refractivity (Wildman–Crippen MR) is 130 cm³/mol. The molecule has 39 heavy (non-hydrogen) atoms. The molecule has 0 fully saturated rings. The molecular weight excluding hydrogens is 525 g/mol. The van der Waals surface area contributed by atoms with Crippen LogP contribution in [0.1, 0.15) is 37.8 Å². The van der Waals surface area contributed by atoms with Crippen molar-refractivity contribution in [3.05, 3.63) is 88.7 Å². The fourth-order valence-corrected chi connectivity index (χ4v) is 4.13. The summed E-state index contributed by atoms with van der Waals surface area (Å²) in [5.41, 5.74) is 3.02. The average Bonchev–Trinajstić information content (AvgIpc) is 3.23. The summed E-state index contributed by atoms with van der Waals surface area (Å²) < 4.78 is 84.0. The van der Waals surface area contributed by atoms with Gasteiger partial charge in [-0.15, -0.1) is 0 Å². The molecular formula is C28H24F5NO5. The molecule has 0 saturated carbocycles. The van der Waals surface area contributed by atoms with E-state index in [1.54, 1.807) is 20.8 Å². The second-order valence-electron chi connectivity index (χ2n) is 9.77. The zero-order valence-corrected chi connectivity index (χ0v) is 21.1. The summed E-state index contributed by atoms with van der Waals surface area (Å²) in [6, 6.07) is 13.5. The summed E-state index contributed by atoms with van der Waals surface area (Å²) in [5, 5.41) is 2.19. The second kappa shape index (κ2) is 11.0. The fourth-order valence-electron chi connectivity index (χ4n) is 4.13. The van der Waals surface area contributed by atoms with E-state index in [1.807, 2.05) is 48.5 Å². The summed E-state index contributed by atoms with van der Waals surface area (Å²) in [5.74, 6) is -15.3. The van der Waals surface area contributed by atoms with Gasteiger partial charge in [0.05, 0.1) is 12.2 Å². The predicted octanol–water partition coefficient (Wildman–Crippen LogP) is 6.01. The summed E-state index contributed by atoms with van der Waals surface area (Å²) in [4.78, 5) is 25.4. The number of fused-ring (bicyclic) bond motifs is 3. The fraction of sp³-hybridized carbons (Fsp3) is 0.286. The Hall–Kier alpha value is -3.99. The van der Waals surface area contributed by atoms with E-state index in [0.717, 1.165) is 22.3 Å². The molecule has 1 atom stereocenters. The van der Waals surface area contributed by atoms with Crippen LogP contribution in [0.15, 0.2) is 48.5 Å². The minimum atomic E-state index is -2.41. The average molecular weight is 549 g/mol. The van der Waals surface area contributed by atoms with E-state index in [-0.39, 0.29) is 12.5 Å². The summed E-state index contributed by atoms with van der Waals surface area (Å²) in [6.07, 6.45) is -1.09. The zero-order valence-electron chi connectivity index (χ0n) is 21.1. The molecule has 1 N–H and O–H groups in total. The van der Waals surface area contributed by atoms with Gasteiger partial charge >= 0.3 is 12.1 Å². The van der Waals surface area contributed by atoms with Crippen LogP contribution in [0, 0.1) is 29.1 Å². The van der Waals surface area contributed by atoms with Crippen molar-refractivity contribution in [2.75, 3.05) is 13.2 Å². The standard InChI is InChI=1S/C28H24F5NO5/c1-28(2,3)38-13-19(26(35)39-25-23(32)21(30)20(29)22(31)24(25)33)34-27(36)37-12-18-16-10-6-4-8-14(16)15-9-5-7-11-17(15)18/h4-11,18-19H,12-13H2,1-3H3,(H,34,36). The van der Waals surface area contributed by atoms with Gasteiger partial charge in [0.25, 0.3) is 0 Å². The number of ether oxygens (including phenoxy) is 3. The Morgan fingerprint density at radius 1 is 0.821 bits per heavy atom. The molecule has 206 valence electrons. The summed E-state index contributed by atoms with van der Waals surface area (Å²) >= 11 is 0. The van der Waals surface area contributed by atoms with Gasteiger partial charge in [-0.2, -0.15) is 8.78 Å². The van der Waals surface area contributed by atoms with Crippen LogP contribution in [-0.2, 0) is 14.3 Å². The molecule has 0 spiro atoms. The molecule has 1 amide bonds. The molecule has 0 aromatic heterocycles. The van der Waals surface area contributed by atoms with E-state index in [9.17, 15) is 31.5 Å². The Morgan fingerprint density at radius 2 is 1.31 bits per heavy atom. The number of esters is 1. The molecule has 1 aliphatic rings. The highest BCUT2D eigenvalue weighted by atomic mass is 19.2. The molecule has 0 radical (unpaired) electrons. The molecule has 0 aliphatic heterocycles. The van der Waals surface area contributed by atoms with Crippen molar-refractivity contribution in [1.29, 1.82) is 0 Å². The number of alkyl carbamates (subject to hydrolysis) is 1. The van der Waals surface area contributed by atoms with Gasteiger partial charge in [0.15, 0.2) is 6.04 Å². The number of rotatable bonds is 7. The minimum absolute atomic E-state index is 0.112. The lowest BCUT2D eigenvalue weighted by Gasteiger charge is -2.24. The van der Waals surface area contributed by atoms with Crippen LogP contribution < -0.4 is 10.1 Å². The topological polar surface area (TPSA) is 73.9 Å². The van der Waals surface area contributed by atoms with Gasteiger partial charge < -0.3 is 19.5 Å². The molecule has 11 heteroatoms. The Morgan fingerprint density at radius 3 is 1.82 bits per heavy atom. The number of hydrogen-bond acceptors (Lipinski definition) is 5. The van der Waals surface area contributed by atoms with E-state index < -0.39 is 65.1 Å². The molecule has 3 aromatic rings. The van der Waals surface area contributed by atoms with Crippen LogP contribution in [0.5, 0.6) is 5.75 Å². The maximum Gasteiger partial charge on any atom is 0.407 e. The van der Waals surface area contributed by atoms with Crippen molar-refractivity contribution in [3.8, 4) is 16.9 Å². The van der Waals surface area contributed by atoms with E-state index >= 15 is 0 Å². The van der Waals surface area contributed by atoms with Gasteiger partial charge in [0, 0.05) is 5.92 Å². The van der Waals surface area contributed by atoms with E-state index in [4.69, 9.17) is 9.47 Å². The Bertz CT molecular complexity index is 1350. The van der Waals surface area contributed by atoms with Crippen LogP contribution in [0.2, 0.25) is 0 Å². The Kier molecular flexibility index (Phi) is 7.91. The molecule has 3 aromatic carbocycles. The molecule has 0 heterocycles. The number of amides is 1. The number of benzene rings is 3. The van der Waals surface area contributed by atoms with Crippen LogP contribution >= 0.6 is 0 Å². The SMILES string of the molecule is CC(C)(C)OCC(NC(=O)OCC1c2ccccc2-c2ccccc21)C(=O)Oc1c(F)c(F)c(F)c(F)c1F. The molecule has 4 rings (SSSR count). The van der Waals surface area contributed by atoms with Gasteiger partial charge in [0.1, 0.15) is 6.61 Å². The smallest absolute Gasteiger partial charge is 0.407 e. The van der Waals surface area contributed by atoms with Crippen molar-refractivity contribution in [3.63, 3.8) is 0 Å². The van der Waals surface area contributed by atoms with Crippen molar-refractivity contribution in [2.45, 2.75) is 38.3 Å². The minimum Gasteiger partial charge on any atom is -0.449 e. The van der Waals surface area contributed by atoms with Gasteiger partial charge in [-0.05, 0) is 43.0 Å².